The van der Waals surface area contributed by atoms with Gasteiger partial charge >= 0.3 is 0 Å². The summed E-state index contributed by atoms with van der Waals surface area (Å²) in [6.45, 7) is 6.38. The van der Waals surface area contributed by atoms with E-state index in [9.17, 15) is 9.59 Å². The van der Waals surface area contributed by atoms with Crippen LogP contribution in [0.3, 0.4) is 0 Å². The molecule has 2 unspecified atom stereocenters. The molecule has 1 fully saturated rings. The standard InChI is InChI=1S/C17H25N5O2S/c1-10-13-8-14(25-17(13)22(3)21-10)16(24)20-11(2)15(23)19-7-5-12-4-6-18-9-12/h8,11-12,18H,4-7,9H2,1-3H3,(H,19,23)(H,20,24). The summed E-state index contributed by atoms with van der Waals surface area (Å²) in [5, 5.41) is 14.3. The molecular weight excluding hydrogens is 338 g/mol. The molecule has 2 amide bonds. The van der Waals surface area contributed by atoms with Gasteiger partial charge in [0.25, 0.3) is 5.91 Å². The van der Waals surface area contributed by atoms with E-state index < -0.39 is 6.04 Å². The summed E-state index contributed by atoms with van der Waals surface area (Å²) in [7, 11) is 1.86. The molecule has 8 heteroatoms. The van der Waals surface area contributed by atoms with Crippen molar-refractivity contribution in [1.29, 1.82) is 0 Å². The van der Waals surface area contributed by atoms with Gasteiger partial charge in [-0.05, 0) is 51.8 Å². The van der Waals surface area contributed by atoms with Gasteiger partial charge in [-0.3, -0.25) is 14.3 Å². The highest BCUT2D eigenvalue weighted by Gasteiger charge is 2.20. The van der Waals surface area contributed by atoms with Gasteiger partial charge in [0.05, 0.1) is 10.6 Å². The van der Waals surface area contributed by atoms with E-state index >= 15 is 0 Å². The van der Waals surface area contributed by atoms with E-state index in [1.165, 1.54) is 17.8 Å². The Bertz CT molecular complexity index is 741. The predicted octanol–water partition coefficient (Wildman–Crippen LogP) is 1.18. The summed E-state index contributed by atoms with van der Waals surface area (Å²) in [6.07, 6.45) is 2.14. The van der Waals surface area contributed by atoms with Crippen molar-refractivity contribution in [2.24, 2.45) is 13.0 Å². The van der Waals surface area contributed by atoms with Gasteiger partial charge in [-0.25, -0.2) is 0 Å². The monoisotopic (exact) mass is 363 g/mol. The minimum atomic E-state index is -0.557. The van der Waals surface area contributed by atoms with Crippen LogP contribution in [0, 0.1) is 12.8 Å². The minimum absolute atomic E-state index is 0.140. The molecule has 25 heavy (non-hydrogen) atoms. The molecule has 0 bridgehead atoms. The van der Waals surface area contributed by atoms with E-state index in [0.717, 1.165) is 35.4 Å². The number of carbonyl (C=O) groups is 2. The maximum atomic E-state index is 12.4. The first-order valence-electron chi connectivity index (χ1n) is 8.68. The van der Waals surface area contributed by atoms with Crippen LogP contribution in [0.4, 0.5) is 0 Å². The Morgan fingerprint density at radius 1 is 1.52 bits per heavy atom. The second-order valence-electron chi connectivity index (χ2n) is 6.67. The molecule has 1 aliphatic rings. The Hall–Kier alpha value is -1.93. The molecule has 2 atom stereocenters. The number of rotatable bonds is 6. The number of nitrogens with zero attached hydrogens (tertiary/aromatic N) is 2. The molecule has 0 aromatic carbocycles. The first kappa shape index (κ1) is 17.9. The molecule has 1 aliphatic heterocycles. The lowest BCUT2D eigenvalue weighted by atomic mass is 10.1. The molecule has 0 spiro atoms. The average Bonchev–Trinajstić information content (AvgIpc) is 3.28. The molecule has 0 radical (unpaired) electrons. The van der Waals surface area contributed by atoms with Gasteiger partial charge in [-0.15, -0.1) is 11.3 Å². The Balaban J connectivity index is 1.51. The van der Waals surface area contributed by atoms with E-state index in [-0.39, 0.29) is 11.8 Å². The largest absolute Gasteiger partial charge is 0.354 e. The van der Waals surface area contributed by atoms with E-state index in [2.05, 4.69) is 21.0 Å². The van der Waals surface area contributed by atoms with E-state index in [1.54, 1.807) is 11.6 Å². The van der Waals surface area contributed by atoms with Gasteiger partial charge in [0.2, 0.25) is 5.91 Å². The highest BCUT2D eigenvalue weighted by molar-refractivity contribution is 7.20. The lowest BCUT2D eigenvalue weighted by Crippen LogP contribution is -2.45. The zero-order valence-corrected chi connectivity index (χ0v) is 15.7. The number of carbonyl (C=O) groups excluding carboxylic acids is 2. The summed E-state index contributed by atoms with van der Waals surface area (Å²) in [4.78, 5) is 26.1. The van der Waals surface area contributed by atoms with E-state index in [4.69, 9.17) is 0 Å². The molecule has 3 rings (SSSR count). The van der Waals surface area contributed by atoms with Crippen LogP contribution in [0.2, 0.25) is 0 Å². The summed E-state index contributed by atoms with van der Waals surface area (Å²) >= 11 is 1.39. The van der Waals surface area contributed by atoms with Crippen molar-refractivity contribution in [3.05, 3.63) is 16.6 Å². The van der Waals surface area contributed by atoms with Crippen molar-refractivity contribution in [2.45, 2.75) is 32.7 Å². The van der Waals surface area contributed by atoms with Gasteiger partial charge in [0, 0.05) is 19.0 Å². The average molecular weight is 363 g/mol. The van der Waals surface area contributed by atoms with Crippen LogP contribution < -0.4 is 16.0 Å². The van der Waals surface area contributed by atoms with Crippen LogP contribution in [0.5, 0.6) is 0 Å². The number of nitrogens with one attached hydrogen (secondary N) is 3. The Labute approximate surface area is 151 Å². The third-order valence-electron chi connectivity index (χ3n) is 4.68. The highest BCUT2D eigenvalue weighted by Crippen LogP contribution is 2.27. The van der Waals surface area contributed by atoms with Gasteiger partial charge in [0.1, 0.15) is 10.9 Å². The molecule has 1 saturated heterocycles. The molecular formula is C17H25N5O2S. The number of aromatic nitrogens is 2. The van der Waals surface area contributed by atoms with Crippen LogP contribution >= 0.6 is 11.3 Å². The minimum Gasteiger partial charge on any atom is -0.354 e. The SMILES string of the molecule is Cc1nn(C)c2sc(C(=O)NC(C)C(=O)NCCC3CCNC3)cc12. The Morgan fingerprint density at radius 2 is 2.32 bits per heavy atom. The molecule has 0 aliphatic carbocycles. The predicted molar refractivity (Wildman–Crippen MR) is 98.9 cm³/mol. The normalized spacial score (nSPS) is 18.4. The number of thiophene rings is 1. The third kappa shape index (κ3) is 4.01. The quantitative estimate of drug-likeness (QED) is 0.719. The van der Waals surface area contributed by atoms with Gasteiger partial charge in [0.15, 0.2) is 0 Å². The first-order chi connectivity index (χ1) is 12.0. The summed E-state index contributed by atoms with van der Waals surface area (Å²) in [5.41, 5.74) is 0.903. The Morgan fingerprint density at radius 3 is 3.00 bits per heavy atom. The van der Waals surface area contributed by atoms with Crippen molar-refractivity contribution < 1.29 is 9.59 Å². The fraction of sp³-hybridized carbons (Fsp3) is 0.588. The van der Waals surface area contributed by atoms with Crippen molar-refractivity contribution in [1.82, 2.24) is 25.7 Å². The summed E-state index contributed by atoms with van der Waals surface area (Å²) < 4.78 is 1.78. The summed E-state index contributed by atoms with van der Waals surface area (Å²) in [5.74, 6) is 0.280. The molecule has 2 aromatic heterocycles. The van der Waals surface area contributed by atoms with Crippen molar-refractivity contribution in [2.75, 3.05) is 19.6 Å². The third-order valence-corrected chi connectivity index (χ3v) is 5.88. The zero-order valence-electron chi connectivity index (χ0n) is 14.9. The summed E-state index contributed by atoms with van der Waals surface area (Å²) in [6, 6.07) is 1.29. The molecule has 3 heterocycles. The smallest absolute Gasteiger partial charge is 0.262 e. The second-order valence-corrected chi connectivity index (χ2v) is 7.70. The Kier molecular flexibility index (Phi) is 5.39. The lowest BCUT2D eigenvalue weighted by Gasteiger charge is -2.14. The van der Waals surface area contributed by atoms with E-state index in [0.29, 0.717) is 17.3 Å². The maximum absolute atomic E-state index is 12.4. The number of hydrogen-bond donors (Lipinski definition) is 3. The number of fused-ring (bicyclic) bond motifs is 1. The van der Waals surface area contributed by atoms with Crippen LogP contribution in [0.15, 0.2) is 6.07 Å². The fourth-order valence-electron chi connectivity index (χ4n) is 3.16. The van der Waals surface area contributed by atoms with Crippen LogP contribution in [-0.2, 0) is 11.8 Å². The zero-order chi connectivity index (χ0) is 18.0. The molecule has 2 aromatic rings. The molecule has 0 saturated carbocycles. The van der Waals surface area contributed by atoms with Crippen molar-refractivity contribution in [3.8, 4) is 0 Å². The number of amides is 2. The van der Waals surface area contributed by atoms with Gasteiger partial charge in [-0.2, -0.15) is 5.10 Å². The lowest BCUT2D eigenvalue weighted by molar-refractivity contribution is -0.122. The van der Waals surface area contributed by atoms with Gasteiger partial charge in [-0.1, -0.05) is 0 Å². The van der Waals surface area contributed by atoms with Crippen molar-refractivity contribution in [3.63, 3.8) is 0 Å². The maximum Gasteiger partial charge on any atom is 0.262 e. The van der Waals surface area contributed by atoms with Crippen molar-refractivity contribution >= 4 is 33.4 Å². The molecule has 3 N–H and O–H groups in total. The number of hydrogen-bond acceptors (Lipinski definition) is 5. The van der Waals surface area contributed by atoms with Gasteiger partial charge < -0.3 is 16.0 Å². The van der Waals surface area contributed by atoms with E-state index in [1.807, 2.05) is 20.0 Å². The van der Waals surface area contributed by atoms with Crippen LogP contribution in [0.1, 0.15) is 35.1 Å². The van der Waals surface area contributed by atoms with Crippen LogP contribution in [0.25, 0.3) is 10.2 Å². The topological polar surface area (TPSA) is 88.0 Å². The first-order valence-corrected chi connectivity index (χ1v) is 9.49. The molecule has 136 valence electrons. The van der Waals surface area contributed by atoms with Crippen LogP contribution in [-0.4, -0.2) is 47.3 Å². The highest BCUT2D eigenvalue weighted by atomic mass is 32.1. The second kappa shape index (κ2) is 7.53. The fourth-order valence-corrected chi connectivity index (χ4v) is 4.19. The number of aryl methyl sites for hydroxylation is 2. The molecule has 7 nitrogen and oxygen atoms in total.